The van der Waals surface area contributed by atoms with Crippen molar-refractivity contribution in [1.29, 1.82) is 0 Å². The monoisotopic (exact) mass is 323 g/mol. The maximum atomic E-state index is 14.1. The van der Waals surface area contributed by atoms with Crippen molar-refractivity contribution in [2.45, 2.75) is 6.04 Å². The SMILES string of the molecule is CNC(c1cc2cc(Cl)ccc2o1)c1ccc(Cl)cc1F. The van der Waals surface area contributed by atoms with Gasteiger partial charge in [-0.2, -0.15) is 0 Å². The second-order valence-electron chi connectivity index (χ2n) is 4.72. The molecular weight excluding hydrogens is 312 g/mol. The fourth-order valence-corrected chi connectivity index (χ4v) is 2.70. The van der Waals surface area contributed by atoms with Gasteiger partial charge >= 0.3 is 0 Å². The highest BCUT2D eigenvalue weighted by molar-refractivity contribution is 6.31. The first kappa shape index (κ1) is 14.4. The van der Waals surface area contributed by atoms with Gasteiger partial charge in [-0.15, -0.1) is 0 Å². The number of hydrogen-bond acceptors (Lipinski definition) is 2. The molecule has 3 aromatic rings. The molecule has 1 N–H and O–H groups in total. The Morgan fingerprint density at radius 3 is 2.48 bits per heavy atom. The molecule has 0 bridgehead atoms. The third-order valence-electron chi connectivity index (χ3n) is 3.34. The Kier molecular flexibility index (Phi) is 3.89. The van der Waals surface area contributed by atoms with Crippen molar-refractivity contribution in [3.8, 4) is 0 Å². The summed E-state index contributed by atoms with van der Waals surface area (Å²) in [5.74, 6) is 0.247. The Labute approximate surface area is 131 Å². The van der Waals surface area contributed by atoms with Crippen molar-refractivity contribution in [1.82, 2.24) is 5.32 Å². The summed E-state index contributed by atoms with van der Waals surface area (Å²) in [5, 5.41) is 4.94. The molecule has 1 atom stereocenters. The maximum Gasteiger partial charge on any atom is 0.134 e. The van der Waals surface area contributed by atoms with Crippen LogP contribution in [0.3, 0.4) is 0 Å². The molecular formula is C16H12Cl2FNO. The highest BCUT2D eigenvalue weighted by Crippen LogP contribution is 2.31. The summed E-state index contributed by atoms with van der Waals surface area (Å²) < 4.78 is 19.9. The van der Waals surface area contributed by atoms with Crippen LogP contribution in [0, 0.1) is 5.82 Å². The molecule has 2 aromatic carbocycles. The maximum absolute atomic E-state index is 14.1. The Hall–Kier alpha value is -1.55. The van der Waals surface area contributed by atoms with Crippen LogP contribution in [0.1, 0.15) is 17.4 Å². The number of benzene rings is 2. The summed E-state index contributed by atoms with van der Waals surface area (Å²) in [5.41, 5.74) is 1.19. The van der Waals surface area contributed by atoms with E-state index in [0.717, 1.165) is 5.39 Å². The van der Waals surface area contributed by atoms with Crippen LogP contribution in [0.4, 0.5) is 4.39 Å². The van der Waals surface area contributed by atoms with Gasteiger partial charge in [0.1, 0.15) is 17.2 Å². The minimum absolute atomic E-state index is 0.363. The lowest BCUT2D eigenvalue weighted by Crippen LogP contribution is -2.18. The van der Waals surface area contributed by atoms with Crippen LogP contribution in [-0.2, 0) is 0 Å². The van der Waals surface area contributed by atoms with E-state index in [4.69, 9.17) is 27.6 Å². The van der Waals surface area contributed by atoms with E-state index in [0.29, 0.717) is 27.0 Å². The van der Waals surface area contributed by atoms with Gasteiger partial charge in [-0.1, -0.05) is 29.3 Å². The van der Waals surface area contributed by atoms with Gasteiger partial charge in [-0.05, 0) is 43.4 Å². The van der Waals surface area contributed by atoms with Crippen molar-refractivity contribution in [2.75, 3.05) is 7.05 Å². The van der Waals surface area contributed by atoms with Crippen molar-refractivity contribution in [3.05, 3.63) is 69.7 Å². The highest BCUT2D eigenvalue weighted by atomic mass is 35.5. The zero-order valence-electron chi connectivity index (χ0n) is 11.2. The van der Waals surface area contributed by atoms with E-state index in [1.807, 2.05) is 12.1 Å². The topological polar surface area (TPSA) is 25.2 Å². The van der Waals surface area contributed by atoms with Gasteiger partial charge < -0.3 is 9.73 Å². The van der Waals surface area contributed by atoms with Crippen LogP contribution >= 0.6 is 23.2 Å². The molecule has 0 aliphatic carbocycles. The van der Waals surface area contributed by atoms with E-state index in [9.17, 15) is 4.39 Å². The van der Waals surface area contributed by atoms with E-state index >= 15 is 0 Å². The molecule has 0 amide bonds. The summed E-state index contributed by atoms with van der Waals surface area (Å²) in [4.78, 5) is 0. The van der Waals surface area contributed by atoms with Gasteiger partial charge in [-0.3, -0.25) is 0 Å². The molecule has 3 rings (SSSR count). The number of fused-ring (bicyclic) bond motifs is 1. The molecule has 1 aromatic heterocycles. The van der Waals surface area contributed by atoms with Crippen LogP contribution in [0.25, 0.3) is 11.0 Å². The molecule has 0 radical (unpaired) electrons. The van der Waals surface area contributed by atoms with Crippen LogP contribution < -0.4 is 5.32 Å². The summed E-state index contributed by atoms with van der Waals surface area (Å²) in [7, 11) is 1.75. The average molecular weight is 324 g/mol. The molecule has 0 saturated heterocycles. The molecule has 108 valence electrons. The van der Waals surface area contributed by atoms with Gasteiger partial charge in [0.15, 0.2) is 0 Å². The Bertz CT molecular complexity index is 800. The number of halogens is 3. The molecule has 0 aliphatic heterocycles. The first-order valence-corrected chi connectivity index (χ1v) is 7.15. The first-order valence-electron chi connectivity index (χ1n) is 6.39. The van der Waals surface area contributed by atoms with Crippen molar-refractivity contribution in [3.63, 3.8) is 0 Å². The third-order valence-corrected chi connectivity index (χ3v) is 3.81. The van der Waals surface area contributed by atoms with Crippen molar-refractivity contribution >= 4 is 34.2 Å². The predicted molar refractivity (Wildman–Crippen MR) is 83.5 cm³/mol. The second kappa shape index (κ2) is 5.68. The molecule has 1 heterocycles. The smallest absolute Gasteiger partial charge is 0.134 e. The van der Waals surface area contributed by atoms with E-state index in [1.165, 1.54) is 6.07 Å². The largest absolute Gasteiger partial charge is 0.459 e. The minimum Gasteiger partial charge on any atom is -0.459 e. The Morgan fingerprint density at radius 2 is 1.76 bits per heavy atom. The molecule has 0 saturated carbocycles. The summed E-state index contributed by atoms with van der Waals surface area (Å²) in [6, 6.07) is 11.4. The average Bonchev–Trinajstić information content (AvgIpc) is 2.84. The third kappa shape index (κ3) is 2.77. The van der Waals surface area contributed by atoms with Crippen LogP contribution in [0.2, 0.25) is 10.0 Å². The Morgan fingerprint density at radius 1 is 1.05 bits per heavy atom. The normalized spacial score (nSPS) is 12.8. The molecule has 0 fully saturated rings. The van der Waals surface area contributed by atoms with E-state index < -0.39 is 6.04 Å². The molecule has 1 unspecified atom stereocenters. The second-order valence-corrected chi connectivity index (χ2v) is 5.59. The number of hydrogen-bond donors (Lipinski definition) is 1. The quantitative estimate of drug-likeness (QED) is 0.717. The summed E-state index contributed by atoms with van der Waals surface area (Å²) in [6.45, 7) is 0. The molecule has 0 spiro atoms. The molecule has 5 heteroatoms. The zero-order chi connectivity index (χ0) is 15.0. The summed E-state index contributed by atoms with van der Waals surface area (Å²) in [6.07, 6.45) is 0. The lowest BCUT2D eigenvalue weighted by atomic mass is 10.0. The number of nitrogens with one attached hydrogen (secondary N) is 1. The fraction of sp³-hybridized carbons (Fsp3) is 0.125. The van der Waals surface area contributed by atoms with Crippen molar-refractivity contribution < 1.29 is 8.81 Å². The van der Waals surface area contributed by atoms with Crippen LogP contribution in [0.5, 0.6) is 0 Å². The zero-order valence-corrected chi connectivity index (χ0v) is 12.7. The lowest BCUT2D eigenvalue weighted by Gasteiger charge is -2.15. The number of rotatable bonds is 3. The van der Waals surface area contributed by atoms with Crippen LogP contribution in [-0.4, -0.2) is 7.05 Å². The first-order chi connectivity index (χ1) is 10.1. The van der Waals surface area contributed by atoms with Gasteiger partial charge in [0, 0.05) is 21.0 Å². The van der Waals surface area contributed by atoms with Gasteiger partial charge in [-0.25, -0.2) is 4.39 Å². The predicted octanol–water partition coefficient (Wildman–Crippen LogP) is 5.19. The highest BCUT2D eigenvalue weighted by Gasteiger charge is 2.20. The number of furan rings is 1. The van der Waals surface area contributed by atoms with Crippen LogP contribution in [0.15, 0.2) is 46.9 Å². The molecule has 2 nitrogen and oxygen atoms in total. The van der Waals surface area contributed by atoms with E-state index in [2.05, 4.69) is 5.32 Å². The Balaban J connectivity index is 2.09. The summed E-state index contributed by atoms with van der Waals surface area (Å²) >= 11 is 11.8. The molecule has 0 aliphatic rings. The van der Waals surface area contributed by atoms with Gasteiger partial charge in [0.2, 0.25) is 0 Å². The molecule has 21 heavy (non-hydrogen) atoms. The van der Waals surface area contributed by atoms with Gasteiger partial charge in [0.05, 0.1) is 6.04 Å². The minimum atomic E-state index is -0.395. The fourth-order valence-electron chi connectivity index (χ4n) is 2.36. The van der Waals surface area contributed by atoms with Gasteiger partial charge in [0.25, 0.3) is 0 Å². The van der Waals surface area contributed by atoms with E-state index in [1.54, 1.807) is 31.3 Å². The van der Waals surface area contributed by atoms with E-state index in [-0.39, 0.29) is 5.82 Å². The standard InChI is InChI=1S/C16H12Cl2FNO/c1-20-16(12-4-2-11(18)8-13(12)19)15-7-9-6-10(17)3-5-14(9)21-15/h2-8,16,20H,1H3. The van der Waals surface area contributed by atoms with Crippen molar-refractivity contribution in [2.24, 2.45) is 0 Å². The lowest BCUT2D eigenvalue weighted by molar-refractivity contribution is 0.476.